The quantitative estimate of drug-likeness (QED) is 0.551. The highest BCUT2D eigenvalue weighted by Gasteiger charge is 2.43. The van der Waals surface area contributed by atoms with Crippen LogP contribution in [0.5, 0.6) is 17.2 Å². The monoisotopic (exact) mass is 420 g/mol. The van der Waals surface area contributed by atoms with Gasteiger partial charge in [-0.1, -0.05) is 48.0 Å². The van der Waals surface area contributed by atoms with Gasteiger partial charge in [0.2, 0.25) is 6.23 Å². The van der Waals surface area contributed by atoms with Crippen molar-refractivity contribution in [2.75, 3.05) is 14.2 Å². The van der Waals surface area contributed by atoms with Crippen molar-refractivity contribution in [2.45, 2.75) is 18.7 Å². The van der Waals surface area contributed by atoms with Gasteiger partial charge in [-0.2, -0.15) is 5.10 Å². The molecule has 0 fully saturated rings. The van der Waals surface area contributed by atoms with E-state index in [1.54, 1.807) is 14.2 Å². The van der Waals surface area contributed by atoms with Crippen LogP contribution in [-0.2, 0) is 0 Å². The van der Waals surface area contributed by atoms with Gasteiger partial charge in [0.15, 0.2) is 11.5 Å². The zero-order valence-corrected chi connectivity index (χ0v) is 17.5. The molecule has 0 N–H and O–H groups in total. The molecule has 2 heterocycles. The molecular weight excluding hydrogens is 400 g/mol. The number of hydrazone groups is 1. The van der Waals surface area contributed by atoms with Crippen molar-refractivity contribution in [1.82, 2.24) is 5.01 Å². The molecule has 0 unspecified atom stereocenters. The van der Waals surface area contributed by atoms with E-state index in [2.05, 4.69) is 6.07 Å². The Morgan fingerprint density at radius 2 is 1.60 bits per heavy atom. The smallest absolute Gasteiger partial charge is 0.217 e. The zero-order chi connectivity index (χ0) is 20.7. The summed E-state index contributed by atoms with van der Waals surface area (Å²) in [5.74, 6) is 2.23. The number of rotatable bonds is 4. The van der Waals surface area contributed by atoms with Gasteiger partial charge in [-0.3, -0.25) is 0 Å². The normalized spacial score (nSPS) is 19.4. The average Bonchev–Trinajstić information content (AvgIpc) is 3.24. The lowest BCUT2D eigenvalue weighted by Gasteiger charge is -2.39. The fourth-order valence-electron chi connectivity index (χ4n) is 4.14. The number of hydrogen-bond donors (Lipinski definition) is 0. The second kappa shape index (κ2) is 7.58. The van der Waals surface area contributed by atoms with Gasteiger partial charge in [0.1, 0.15) is 5.75 Å². The molecule has 3 aromatic carbocycles. The minimum absolute atomic E-state index is 0.0319. The van der Waals surface area contributed by atoms with E-state index in [-0.39, 0.29) is 6.04 Å². The number of hydrogen-bond acceptors (Lipinski definition) is 5. The Kier molecular flexibility index (Phi) is 4.75. The number of nitrogens with zero attached hydrogens (tertiary/aromatic N) is 2. The number of halogens is 1. The zero-order valence-electron chi connectivity index (χ0n) is 16.7. The summed E-state index contributed by atoms with van der Waals surface area (Å²) < 4.78 is 17.7. The Hall–Kier alpha value is -3.18. The van der Waals surface area contributed by atoms with Crippen molar-refractivity contribution in [3.63, 3.8) is 0 Å². The summed E-state index contributed by atoms with van der Waals surface area (Å²) in [6.07, 6.45) is 0.330. The molecular formula is C24H21ClN2O3. The first kappa shape index (κ1) is 18.8. The maximum atomic E-state index is 6.49. The van der Waals surface area contributed by atoms with E-state index >= 15 is 0 Å². The van der Waals surface area contributed by atoms with Crippen LogP contribution in [0.15, 0.2) is 71.8 Å². The molecule has 3 aromatic rings. The van der Waals surface area contributed by atoms with Crippen molar-refractivity contribution in [1.29, 1.82) is 0 Å². The highest BCUT2D eigenvalue weighted by atomic mass is 35.5. The van der Waals surface area contributed by atoms with Crippen LogP contribution in [-0.4, -0.2) is 24.9 Å². The van der Waals surface area contributed by atoms with Crippen LogP contribution in [0, 0.1) is 0 Å². The minimum atomic E-state index is -0.431. The molecule has 0 amide bonds. The van der Waals surface area contributed by atoms with Gasteiger partial charge in [-0.05, 0) is 35.9 Å². The lowest BCUT2D eigenvalue weighted by molar-refractivity contribution is -0.0221. The van der Waals surface area contributed by atoms with Crippen LogP contribution in [0.2, 0.25) is 5.02 Å². The first-order valence-corrected chi connectivity index (χ1v) is 10.2. The number of para-hydroxylation sites is 2. The standard InChI is InChI=1S/C24H21ClN2O3/c1-28-21-8-4-3-6-18(21)24-27-20(17-7-5-9-22(29-2)23(17)30-24)14-19(26-27)15-10-12-16(25)13-11-15/h3-13,20,24H,14H2,1-2H3/t20-,24-/m1/s1. The molecule has 0 bridgehead atoms. The van der Waals surface area contributed by atoms with Crippen molar-refractivity contribution >= 4 is 17.3 Å². The largest absolute Gasteiger partial charge is 0.496 e. The fraction of sp³-hybridized carbons (Fsp3) is 0.208. The summed E-state index contributed by atoms with van der Waals surface area (Å²) in [5.41, 5.74) is 4.03. The summed E-state index contributed by atoms with van der Waals surface area (Å²) in [7, 11) is 3.33. The number of ether oxygens (including phenoxy) is 3. The Bertz CT molecular complexity index is 1110. The van der Waals surface area contributed by atoms with Crippen LogP contribution in [0.4, 0.5) is 0 Å². The van der Waals surface area contributed by atoms with Gasteiger partial charge < -0.3 is 14.2 Å². The Labute approximate surface area is 180 Å². The Morgan fingerprint density at radius 1 is 0.900 bits per heavy atom. The molecule has 5 nitrogen and oxygen atoms in total. The van der Waals surface area contributed by atoms with E-state index < -0.39 is 6.23 Å². The lowest BCUT2D eigenvalue weighted by Crippen LogP contribution is -2.34. The summed E-state index contributed by atoms with van der Waals surface area (Å²) in [4.78, 5) is 0. The summed E-state index contributed by atoms with van der Waals surface area (Å²) in [5, 5.41) is 7.72. The SMILES string of the molecule is COc1ccccc1[C@H]1Oc2c(OC)cccc2[C@H]2CC(c3ccc(Cl)cc3)=NN21. The van der Waals surface area contributed by atoms with Crippen molar-refractivity contribution < 1.29 is 14.2 Å². The van der Waals surface area contributed by atoms with Gasteiger partial charge >= 0.3 is 0 Å². The van der Waals surface area contributed by atoms with E-state index in [0.29, 0.717) is 10.8 Å². The first-order chi connectivity index (χ1) is 14.7. The van der Waals surface area contributed by atoms with Gasteiger partial charge in [0, 0.05) is 17.0 Å². The first-order valence-electron chi connectivity index (χ1n) is 9.78. The number of benzene rings is 3. The van der Waals surface area contributed by atoms with Crippen LogP contribution in [0.25, 0.3) is 0 Å². The lowest BCUT2D eigenvalue weighted by atomic mass is 9.95. The van der Waals surface area contributed by atoms with E-state index in [1.165, 1.54) is 0 Å². The molecule has 2 aliphatic rings. The van der Waals surface area contributed by atoms with Gasteiger partial charge in [-0.15, -0.1) is 0 Å². The number of fused-ring (bicyclic) bond motifs is 3. The summed E-state index contributed by atoms with van der Waals surface area (Å²) in [6, 6.07) is 21.7. The molecule has 0 aliphatic carbocycles. The second-order valence-corrected chi connectivity index (χ2v) is 7.68. The molecule has 0 saturated heterocycles. The molecule has 2 atom stereocenters. The molecule has 2 aliphatic heterocycles. The molecule has 0 radical (unpaired) electrons. The van der Waals surface area contributed by atoms with E-state index in [9.17, 15) is 0 Å². The van der Waals surface area contributed by atoms with Gasteiger partial charge in [-0.25, -0.2) is 5.01 Å². The predicted molar refractivity (Wildman–Crippen MR) is 117 cm³/mol. The van der Waals surface area contributed by atoms with Crippen molar-refractivity contribution in [2.24, 2.45) is 5.10 Å². The minimum Gasteiger partial charge on any atom is -0.496 e. The molecule has 5 rings (SSSR count). The Balaban J connectivity index is 1.64. The molecule has 6 heteroatoms. The van der Waals surface area contributed by atoms with Crippen molar-refractivity contribution in [3.05, 3.63) is 88.4 Å². The van der Waals surface area contributed by atoms with Gasteiger partial charge in [0.05, 0.1) is 31.5 Å². The van der Waals surface area contributed by atoms with Crippen LogP contribution >= 0.6 is 11.6 Å². The van der Waals surface area contributed by atoms with E-state index in [1.807, 2.05) is 65.7 Å². The maximum Gasteiger partial charge on any atom is 0.217 e. The number of methoxy groups -OCH3 is 2. The van der Waals surface area contributed by atoms with E-state index in [4.69, 9.17) is 30.9 Å². The maximum absolute atomic E-state index is 6.49. The second-order valence-electron chi connectivity index (χ2n) is 7.24. The third-order valence-electron chi connectivity index (χ3n) is 5.58. The molecule has 30 heavy (non-hydrogen) atoms. The van der Waals surface area contributed by atoms with E-state index in [0.717, 1.165) is 40.3 Å². The van der Waals surface area contributed by atoms with Crippen molar-refractivity contribution in [3.8, 4) is 17.2 Å². The predicted octanol–water partition coefficient (Wildman–Crippen LogP) is 5.60. The summed E-state index contributed by atoms with van der Waals surface area (Å²) >= 11 is 6.08. The van der Waals surface area contributed by atoms with Crippen LogP contribution in [0.3, 0.4) is 0 Å². The third kappa shape index (κ3) is 3.06. The molecule has 152 valence electrons. The third-order valence-corrected chi connectivity index (χ3v) is 5.83. The Morgan fingerprint density at radius 3 is 2.37 bits per heavy atom. The average molecular weight is 421 g/mol. The molecule has 0 spiro atoms. The van der Waals surface area contributed by atoms with Crippen LogP contribution in [0.1, 0.15) is 35.4 Å². The molecule has 0 aromatic heterocycles. The topological polar surface area (TPSA) is 43.3 Å². The van der Waals surface area contributed by atoms with Gasteiger partial charge in [0.25, 0.3) is 0 Å². The highest BCUT2D eigenvalue weighted by molar-refractivity contribution is 6.30. The van der Waals surface area contributed by atoms with Crippen LogP contribution < -0.4 is 14.2 Å². The fourth-order valence-corrected chi connectivity index (χ4v) is 4.26. The highest BCUT2D eigenvalue weighted by Crippen LogP contribution is 2.51. The molecule has 0 saturated carbocycles. The summed E-state index contributed by atoms with van der Waals surface area (Å²) in [6.45, 7) is 0.